The van der Waals surface area contributed by atoms with E-state index in [9.17, 15) is 9.36 Å². The van der Waals surface area contributed by atoms with Crippen LogP contribution in [0.1, 0.15) is 51.2 Å². The highest BCUT2D eigenvalue weighted by Crippen LogP contribution is 2.36. The number of benzene rings is 1. The molecule has 5 nitrogen and oxygen atoms in total. The average molecular weight is 340 g/mol. The summed E-state index contributed by atoms with van der Waals surface area (Å²) >= 11 is 0. The number of carbonyl (C=O) groups is 1. The monoisotopic (exact) mass is 340 g/mol. The van der Waals surface area contributed by atoms with E-state index >= 15 is 0 Å². The Morgan fingerprint density at radius 1 is 1.35 bits per heavy atom. The maximum atomic E-state index is 12.1. The highest BCUT2D eigenvalue weighted by Gasteiger charge is 2.24. The molecule has 0 aliphatic heterocycles. The molecule has 23 heavy (non-hydrogen) atoms. The van der Waals surface area contributed by atoms with Gasteiger partial charge in [0.2, 0.25) is 0 Å². The predicted octanol–water partition coefficient (Wildman–Crippen LogP) is 3.85. The Labute approximate surface area is 137 Å². The van der Waals surface area contributed by atoms with Gasteiger partial charge >= 0.3 is 7.82 Å². The molecule has 0 aliphatic carbocycles. The molecule has 0 saturated heterocycles. The number of rotatable bonds is 9. The highest BCUT2D eigenvalue weighted by molar-refractivity contribution is 7.46. The van der Waals surface area contributed by atoms with Gasteiger partial charge < -0.3 is 9.79 Å². The Hall–Kier alpha value is -1.26. The van der Waals surface area contributed by atoms with Gasteiger partial charge in [0, 0.05) is 12.8 Å². The van der Waals surface area contributed by atoms with E-state index in [2.05, 4.69) is 11.1 Å². The van der Waals surface area contributed by atoms with Crippen molar-refractivity contribution in [1.29, 1.82) is 0 Å². The molecule has 6 heteroatoms. The number of hydrogen-bond donors (Lipinski definition) is 2. The van der Waals surface area contributed by atoms with E-state index < -0.39 is 7.82 Å². The van der Waals surface area contributed by atoms with Crippen LogP contribution in [0.2, 0.25) is 0 Å². The van der Waals surface area contributed by atoms with E-state index in [-0.39, 0.29) is 24.2 Å². The quantitative estimate of drug-likeness (QED) is 0.527. The highest BCUT2D eigenvalue weighted by atomic mass is 31.2. The second-order valence-corrected chi connectivity index (χ2v) is 7.63. The molecule has 1 aromatic carbocycles. The molecule has 128 valence electrons. The fourth-order valence-electron chi connectivity index (χ4n) is 2.34. The minimum Gasteiger partial charge on any atom is -0.303 e. The van der Waals surface area contributed by atoms with Gasteiger partial charge in [-0.1, -0.05) is 50.3 Å². The van der Waals surface area contributed by atoms with Gasteiger partial charge in [-0.15, -0.1) is 0 Å². The summed E-state index contributed by atoms with van der Waals surface area (Å²) in [6.07, 6.45) is 0.901. The first-order chi connectivity index (χ1) is 10.5. The molecule has 2 N–H and O–H groups in total. The molecular weight excluding hydrogens is 315 g/mol. The lowest BCUT2D eigenvalue weighted by Gasteiger charge is -2.25. The van der Waals surface area contributed by atoms with Crippen molar-refractivity contribution in [2.45, 2.75) is 45.4 Å². The first kappa shape index (κ1) is 19.8. The second-order valence-electron chi connectivity index (χ2n) is 6.39. The zero-order chi connectivity index (χ0) is 17.7. The summed E-state index contributed by atoms with van der Waals surface area (Å²) < 4.78 is 14.9. The maximum Gasteiger partial charge on any atom is 0.469 e. The molecule has 0 unspecified atom stereocenters. The molecule has 1 rings (SSSR count). The topological polar surface area (TPSA) is 83.8 Å². The average Bonchev–Trinajstić information content (AvgIpc) is 2.42. The van der Waals surface area contributed by atoms with Gasteiger partial charge in [0.1, 0.15) is 5.78 Å². The van der Waals surface area contributed by atoms with Gasteiger partial charge in [-0.05, 0) is 29.9 Å². The number of phosphoric ester groups is 1. The molecule has 0 amide bonds. The van der Waals surface area contributed by atoms with Crippen LogP contribution in [0.25, 0.3) is 5.57 Å². The Kier molecular flexibility index (Phi) is 6.90. The standard InChI is InChI=1S/C17H25O5P/c1-13(2)14-7-5-8-15(11-14)17(3,4)12-16(18)9-6-10-22-23(19,20)21/h5,7-8,11H,1,6,9-10,12H2,2-4H3,(H2,19,20,21). The minimum atomic E-state index is -4.45. The van der Waals surface area contributed by atoms with Crippen LogP contribution in [0.3, 0.4) is 0 Å². The van der Waals surface area contributed by atoms with Gasteiger partial charge in [0.15, 0.2) is 0 Å². The third-order valence-corrected chi connectivity index (χ3v) is 4.15. The molecule has 0 radical (unpaired) electrons. The number of carbonyl (C=O) groups excluding carboxylic acids is 1. The summed E-state index contributed by atoms with van der Waals surface area (Å²) in [5.74, 6) is 0.0463. The molecule has 0 saturated carbocycles. The molecule has 1 aromatic rings. The molecule has 0 fully saturated rings. The number of hydrogen-bond acceptors (Lipinski definition) is 3. The van der Waals surface area contributed by atoms with Crippen molar-refractivity contribution >= 4 is 19.2 Å². The summed E-state index contributed by atoms with van der Waals surface area (Å²) in [4.78, 5) is 29.3. The normalized spacial score (nSPS) is 12.2. The molecule has 0 aliphatic rings. The van der Waals surface area contributed by atoms with Gasteiger partial charge in [-0.25, -0.2) is 4.57 Å². The Balaban J connectivity index is 2.60. The lowest BCUT2D eigenvalue weighted by atomic mass is 9.79. The Bertz CT molecular complexity index is 615. The van der Waals surface area contributed by atoms with Crippen molar-refractivity contribution < 1.29 is 23.7 Å². The van der Waals surface area contributed by atoms with Crippen molar-refractivity contribution in [3.05, 3.63) is 42.0 Å². The third-order valence-electron chi connectivity index (χ3n) is 3.64. The van der Waals surface area contributed by atoms with E-state index in [1.165, 1.54) is 0 Å². The van der Waals surface area contributed by atoms with Crippen LogP contribution in [0.15, 0.2) is 30.8 Å². The summed E-state index contributed by atoms with van der Waals surface area (Å²) in [5.41, 5.74) is 2.78. The number of Topliss-reactive ketones (excluding diaryl/α,β-unsaturated/α-hetero) is 1. The minimum absolute atomic E-state index is 0.0463. The first-order valence-electron chi connectivity index (χ1n) is 7.49. The molecule has 0 aromatic heterocycles. The van der Waals surface area contributed by atoms with Gasteiger partial charge in [0.05, 0.1) is 6.61 Å². The van der Waals surface area contributed by atoms with Crippen LogP contribution in [-0.4, -0.2) is 22.2 Å². The van der Waals surface area contributed by atoms with Crippen LogP contribution in [0.4, 0.5) is 0 Å². The number of allylic oxidation sites excluding steroid dienone is 1. The van der Waals surface area contributed by atoms with E-state index in [0.29, 0.717) is 12.8 Å². The van der Waals surface area contributed by atoms with Crippen LogP contribution in [0.5, 0.6) is 0 Å². The third kappa shape index (κ3) is 7.23. The van der Waals surface area contributed by atoms with E-state index in [4.69, 9.17) is 9.79 Å². The van der Waals surface area contributed by atoms with Crippen LogP contribution in [0, 0.1) is 0 Å². The summed E-state index contributed by atoms with van der Waals surface area (Å²) in [7, 11) is -4.45. The largest absolute Gasteiger partial charge is 0.469 e. The first-order valence-corrected chi connectivity index (χ1v) is 9.02. The van der Waals surface area contributed by atoms with Crippen LogP contribution >= 0.6 is 7.82 Å². The van der Waals surface area contributed by atoms with Gasteiger partial charge in [-0.3, -0.25) is 9.32 Å². The molecule has 0 atom stereocenters. The lowest BCUT2D eigenvalue weighted by molar-refractivity contribution is -0.120. The predicted molar refractivity (Wildman–Crippen MR) is 91.0 cm³/mol. The number of phosphoric acid groups is 1. The summed E-state index contributed by atoms with van der Waals surface area (Å²) in [5, 5.41) is 0. The van der Waals surface area contributed by atoms with Crippen molar-refractivity contribution in [3.63, 3.8) is 0 Å². The van der Waals surface area contributed by atoms with Crippen LogP contribution < -0.4 is 0 Å². The van der Waals surface area contributed by atoms with Crippen LogP contribution in [-0.2, 0) is 19.3 Å². The molecule has 0 bridgehead atoms. The zero-order valence-corrected chi connectivity index (χ0v) is 14.8. The maximum absolute atomic E-state index is 12.1. The molecule has 0 spiro atoms. The summed E-state index contributed by atoms with van der Waals surface area (Å²) in [6, 6.07) is 7.99. The van der Waals surface area contributed by atoms with Gasteiger partial charge in [-0.2, -0.15) is 0 Å². The molecule has 0 heterocycles. The molecular formula is C17H25O5P. The smallest absolute Gasteiger partial charge is 0.303 e. The van der Waals surface area contributed by atoms with E-state index in [1.54, 1.807) is 0 Å². The second kappa shape index (κ2) is 8.02. The van der Waals surface area contributed by atoms with Crippen molar-refractivity contribution in [2.24, 2.45) is 0 Å². The zero-order valence-electron chi connectivity index (χ0n) is 13.9. The van der Waals surface area contributed by atoms with E-state index in [0.717, 1.165) is 16.7 Å². The Morgan fingerprint density at radius 2 is 2.00 bits per heavy atom. The Morgan fingerprint density at radius 3 is 2.57 bits per heavy atom. The fraction of sp³-hybridized carbons (Fsp3) is 0.471. The number of ketones is 1. The summed E-state index contributed by atoms with van der Waals surface area (Å²) in [6.45, 7) is 9.77. The fourth-order valence-corrected chi connectivity index (χ4v) is 2.71. The van der Waals surface area contributed by atoms with Crippen molar-refractivity contribution in [3.8, 4) is 0 Å². The SMILES string of the molecule is C=C(C)c1cccc(C(C)(C)CC(=O)CCCOP(=O)(O)O)c1. The van der Waals surface area contributed by atoms with E-state index in [1.807, 2.05) is 45.0 Å². The van der Waals surface area contributed by atoms with Gasteiger partial charge in [0.25, 0.3) is 0 Å². The lowest BCUT2D eigenvalue weighted by Crippen LogP contribution is -2.22. The van der Waals surface area contributed by atoms with Crippen molar-refractivity contribution in [1.82, 2.24) is 0 Å². The van der Waals surface area contributed by atoms with Crippen molar-refractivity contribution in [2.75, 3.05) is 6.61 Å².